The molecule has 0 aromatic carbocycles. The van der Waals surface area contributed by atoms with Crippen molar-refractivity contribution < 1.29 is 22.5 Å². The molecule has 0 spiro atoms. The van der Waals surface area contributed by atoms with E-state index in [-0.39, 0.29) is 6.61 Å². The highest BCUT2D eigenvalue weighted by molar-refractivity contribution is 7.85. The van der Waals surface area contributed by atoms with E-state index in [1.807, 2.05) is 6.92 Å². The standard InChI is InChI=1S/C5H7O2.C4H10O3S/c6-4-2-1-3-5-7;1-3-4-7-8(2,5)6/h1-2,7H,3,5H2;3-4H2,1-2H3. The number of rotatable bonds is 6. The third-order valence-corrected chi connectivity index (χ3v) is 1.58. The number of aliphatic hydroxyl groups excluding tert-OH is 1. The summed E-state index contributed by atoms with van der Waals surface area (Å²) in [5, 5.41) is 8.11. The zero-order valence-electron chi connectivity index (χ0n) is 8.97. The second-order valence-electron chi connectivity index (χ2n) is 2.56. The summed E-state index contributed by atoms with van der Waals surface area (Å²) in [6.07, 6.45) is 6.68. The zero-order valence-corrected chi connectivity index (χ0v) is 9.79. The maximum Gasteiger partial charge on any atom is 0.264 e. The largest absolute Gasteiger partial charge is 0.396 e. The molecule has 0 heterocycles. The van der Waals surface area contributed by atoms with E-state index >= 15 is 0 Å². The van der Waals surface area contributed by atoms with Gasteiger partial charge in [-0.3, -0.25) is 8.98 Å². The van der Waals surface area contributed by atoms with Crippen LogP contribution in [-0.4, -0.2) is 39.3 Å². The molecular formula is C9H17O5S. The molecule has 89 valence electrons. The Bertz CT molecular complexity index is 256. The van der Waals surface area contributed by atoms with Gasteiger partial charge in [0.25, 0.3) is 10.1 Å². The zero-order chi connectivity index (χ0) is 12.2. The van der Waals surface area contributed by atoms with Gasteiger partial charge in [0.15, 0.2) is 0 Å². The summed E-state index contributed by atoms with van der Waals surface area (Å²) in [5.41, 5.74) is 0. The lowest BCUT2D eigenvalue weighted by Crippen LogP contribution is -2.02. The van der Waals surface area contributed by atoms with Crippen LogP contribution in [0.15, 0.2) is 12.2 Å². The van der Waals surface area contributed by atoms with Crippen LogP contribution in [0.5, 0.6) is 0 Å². The average molecular weight is 237 g/mol. The monoisotopic (exact) mass is 237 g/mol. The quantitative estimate of drug-likeness (QED) is 0.534. The molecule has 0 aliphatic heterocycles. The first-order valence-electron chi connectivity index (χ1n) is 4.45. The number of carbonyl (C=O) groups excluding carboxylic acids is 1. The first-order valence-corrected chi connectivity index (χ1v) is 6.27. The van der Waals surface area contributed by atoms with Crippen molar-refractivity contribution in [2.75, 3.05) is 19.5 Å². The van der Waals surface area contributed by atoms with Crippen LogP contribution in [0.4, 0.5) is 0 Å². The fraction of sp³-hybridized carbons (Fsp3) is 0.667. The molecule has 0 aromatic heterocycles. The summed E-state index contributed by atoms with van der Waals surface area (Å²) < 4.78 is 24.7. The SMILES string of the molecule is CCCOS(C)(=O)=O.O=[C]C=CCCO. The highest BCUT2D eigenvalue weighted by Gasteiger charge is 1.96. The lowest BCUT2D eigenvalue weighted by atomic mass is 10.4. The molecular weight excluding hydrogens is 220 g/mol. The van der Waals surface area contributed by atoms with Crippen molar-refractivity contribution in [2.45, 2.75) is 19.8 Å². The Morgan fingerprint density at radius 1 is 1.47 bits per heavy atom. The lowest BCUT2D eigenvalue weighted by Gasteiger charge is -1.94. The van der Waals surface area contributed by atoms with Crippen LogP contribution >= 0.6 is 0 Å². The van der Waals surface area contributed by atoms with Gasteiger partial charge < -0.3 is 5.11 Å². The number of hydrogen-bond donors (Lipinski definition) is 1. The average Bonchev–Trinajstić information content (AvgIpc) is 2.16. The second-order valence-corrected chi connectivity index (χ2v) is 4.20. The van der Waals surface area contributed by atoms with E-state index in [9.17, 15) is 13.2 Å². The van der Waals surface area contributed by atoms with Crippen molar-refractivity contribution >= 4 is 16.4 Å². The van der Waals surface area contributed by atoms with Crippen LogP contribution in [0.3, 0.4) is 0 Å². The van der Waals surface area contributed by atoms with Gasteiger partial charge in [-0.2, -0.15) is 8.42 Å². The summed E-state index contributed by atoms with van der Waals surface area (Å²) in [6, 6.07) is 0. The van der Waals surface area contributed by atoms with Crippen LogP contribution in [-0.2, 0) is 19.1 Å². The molecule has 0 aliphatic rings. The van der Waals surface area contributed by atoms with Crippen molar-refractivity contribution in [3.05, 3.63) is 12.2 Å². The third-order valence-electron chi connectivity index (χ3n) is 0.983. The summed E-state index contributed by atoms with van der Waals surface area (Å²) >= 11 is 0. The predicted molar refractivity (Wildman–Crippen MR) is 57.6 cm³/mol. The van der Waals surface area contributed by atoms with Gasteiger partial charge in [0.05, 0.1) is 12.9 Å². The Labute approximate surface area is 90.9 Å². The van der Waals surface area contributed by atoms with Gasteiger partial charge in [-0.15, -0.1) is 0 Å². The molecule has 6 heteroatoms. The number of aliphatic hydroxyl groups is 1. The molecule has 0 rings (SSSR count). The summed E-state index contributed by atoms with van der Waals surface area (Å²) in [6.45, 7) is 2.24. The van der Waals surface area contributed by atoms with Gasteiger partial charge in [-0.25, -0.2) is 0 Å². The third kappa shape index (κ3) is 24.6. The molecule has 0 bridgehead atoms. The molecule has 0 unspecified atom stereocenters. The molecule has 1 radical (unpaired) electrons. The van der Waals surface area contributed by atoms with E-state index in [4.69, 9.17) is 5.11 Å². The Hall–Kier alpha value is -0.720. The molecule has 0 fully saturated rings. The highest BCUT2D eigenvalue weighted by Crippen LogP contribution is 1.86. The minimum atomic E-state index is -3.19. The van der Waals surface area contributed by atoms with Crippen molar-refractivity contribution in [3.8, 4) is 0 Å². The van der Waals surface area contributed by atoms with Crippen LogP contribution in [0, 0.1) is 0 Å². The smallest absolute Gasteiger partial charge is 0.264 e. The van der Waals surface area contributed by atoms with E-state index in [1.54, 1.807) is 12.4 Å². The maximum absolute atomic E-state index is 10.2. The van der Waals surface area contributed by atoms with E-state index in [1.165, 1.54) is 6.08 Å². The Balaban J connectivity index is 0. The minimum Gasteiger partial charge on any atom is -0.396 e. The summed E-state index contributed by atoms with van der Waals surface area (Å²) in [4.78, 5) is 9.39. The molecule has 0 atom stereocenters. The van der Waals surface area contributed by atoms with E-state index in [0.717, 1.165) is 12.7 Å². The topological polar surface area (TPSA) is 80.7 Å². The molecule has 0 saturated heterocycles. The van der Waals surface area contributed by atoms with E-state index in [2.05, 4.69) is 4.18 Å². The number of allylic oxidation sites excluding steroid dienone is 1. The fourth-order valence-electron chi connectivity index (χ4n) is 0.441. The van der Waals surface area contributed by atoms with Crippen LogP contribution in [0.1, 0.15) is 19.8 Å². The van der Waals surface area contributed by atoms with Crippen molar-refractivity contribution in [3.63, 3.8) is 0 Å². The van der Waals surface area contributed by atoms with Crippen LogP contribution in [0.25, 0.3) is 0 Å². The molecule has 1 N–H and O–H groups in total. The first-order chi connectivity index (χ1) is 6.97. The van der Waals surface area contributed by atoms with Crippen molar-refractivity contribution in [1.29, 1.82) is 0 Å². The van der Waals surface area contributed by atoms with Gasteiger partial charge in [-0.05, 0) is 18.9 Å². The van der Waals surface area contributed by atoms with Gasteiger partial charge in [0, 0.05) is 6.61 Å². The summed E-state index contributed by atoms with van der Waals surface area (Å²) in [5.74, 6) is 0. The molecule has 15 heavy (non-hydrogen) atoms. The Morgan fingerprint density at radius 3 is 2.33 bits per heavy atom. The first kappa shape index (κ1) is 16.7. The molecule has 0 amide bonds. The van der Waals surface area contributed by atoms with Gasteiger partial charge >= 0.3 is 0 Å². The van der Waals surface area contributed by atoms with Crippen molar-refractivity contribution in [2.24, 2.45) is 0 Å². The van der Waals surface area contributed by atoms with E-state index < -0.39 is 10.1 Å². The van der Waals surface area contributed by atoms with Gasteiger partial charge in [-0.1, -0.05) is 13.0 Å². The van der Waals surface area contributed by atoms with E-state index in [0.29, 0.717) is 13.0 Å². The Kier molecular flexibility index (Phi) is 12.6. The molecule has 0 aliphatic carbocycles. The fourth-order valence-corrected chi connectivity index (χ4v) is 0.910. The molecule has 0 aromatic rings. The van der Waals surface area contributed by atoms with Gasteiger partial charge in [0.1, 0.15) is 0 Å². The highest BCUT2D eigenvalue weighted by atomic mass is 32.2. The minimum absolute atomic E-state index is 0.0954. The molecule has 0 saturated carbocycles. The summed E-state index contributed by atoms with van der Waals surface area (Å²) in [7, 11) is -3.19. The van der Waals surface area contributed by atoms with Crippen LogP contribution < -0.4 is 0 Å². The van der Waals surface area contributed by atoms with Crippen LogP contribution in [0.2, 0.25) is 0 Å². The predicted octanol–water partition coefficient (Wildman–Crippen LogP) is 0.407. The Morgan fingerprint density at radius 2 is 2.07 bits per heavy atom. The second kappa shape index (κ2) is 11.4. The van der Waals surface area contributed by atoms with Crippen molar-refractivity contribution in [1.82, 2.24) is 0 Å². The molecule has 5 nitrogen and oxygen atoms in total. The normalized spacial score (nSPS) is 10.9. The van der Waals surface area contributed by atoms with Gasteiger partial charge in [0.2, 0.25) is 6.29 Å². The maximum atomic E-state index is 10.2. The number of hydrogen-bond acceptors (Lipinski definition) is 5. The lowest BCUT2D eigenvalue weighted by molar-refractivity contribution is 0.302.